The molecule has 1 aromatic rings. The van der Waals surface area contributed by atoms with Gasteiger partial charge in [0.2, 0.25) is 0 Å². The van der Waals surface area contributed by atoms with Crippen LogP contribution in [0.1, 0.15) is 12.8 Å². The van der Waals surface area contributed by atoms with Gasteiger partial charge in [-0.3, -0.25) is 0 Å². The van der Waals surface area contributed by atoms with E-state index in [0.717, 1.165) is 23.3 Å². The second-order valence-electron chi connectivity index (χ2n) is 6.02. The standard InChI is InChI=1S/C17H25BrN4O/c1-13(18)12-19-17(23)20-14-4-6-15(7-5-14)22(3)16-8-10-21(2)11-9-16/h4-7,16H,1,8-12H2,2-3H3,(H2,19,20,23). The Labute approximate surface area is 146 Å². The zero-order valence-corrected chi connectivity index (χ0v) is 15.4. The Bertz CT molecular complexity index is 538. The van der Waals surface area contributed by atoms with Gasteiger partial charge >= 0.3 is 6.03 Å². The van der Waals surface area contributed by atoms with Crippen LogP contribution in [-0.4, -0.2) is 50.7 Å². The van der Waals surface area contributed by atoms with Crippen molar-refractivity contribution in [2.24, 2.45) is 0 Å². The minimum atomic E-state index is -0.234. The molecule has 0 aliphatic carbocycles. The van der Waals surface area contributed by atoms with Crippen molar-refractivity contribution >= 4 is 33.3 Å². The average molecular weight is 381 g/mol. The molecule has 0 aromatic heterocycles. The normalized spacial score (nSPS) is 16.0. The molecular formula is C17H25BrN4O. The van der Waals surface area contributed by atoms with Crippen LogP contribution >= 0.6 is 15.9 Å². The molecule has 1 heterocycles. The fourth-order valence-electron chi connectivity index (χ4n) is 2.72. The summed E-state index contributed by atoms with van der Waals surface area (Å²) in [5.74, 6) is 0. The first-order valence-corrected chi connectivity index (χ1v) is 8.64. The molecule has 0 unspecified atom stereocenters. The number of piperidine rings is 1. The number of halogens is 1. The van der Waals surface area contributed by atoms with Crippen molar-refractivity contribution in [2.45, 2.75) is 18.9 Å². The number of anilines is 2. The number of hydrogen-bond acceptors (Lipinski definition) is 3. The quantitative estimate of drug-likeness (QED) is 0.823. The van der Waals surface area contributed by atoms with E-state index in [2.05, 4.69) is 69.2 Å². The van der Waals surface area contributed by atoms with E-state index in [4.69, 9.17) is 0 Å². The van der Waals surface area contributed by atoms with Gasteiger partial charge in [0.25, 0.3) is 0 Å². The van der Waals surface area contributed by atoms with Crippen molar-refractivity contribution < 1.29 is 4.79 Å². The predicted molar refractivity (Wildman–Crippen MR) is 100 cm³/mol. The zero-order valence-electron chi connectivity index (χ0n) is 13.8. The van der Waals surface area contributed by atoms with Gasteiger partial charge in [0.1, 0.15) is 0 Å². The van der Waals surface area contributed by atoms with Crippen LogP contribution < -0.4 is 15.5 Å². The molecule has 2 rings (SSSR count). The first kappa shape index (κ1) is 17.8. The summed E-state index contributed by atoms with van der Waals surface area (Å²) in [4.78, 5) is 16.4. The van der Waals surface area contributed by atoms with Crippen molar-refractivity contribution in [3.8, 4) is 0 Å². The Morgan fingerprint density at radius 1 is 1.35 bits per heavy atom. The largest absolute Gasteiger partial charge is 0.372 e. The average Bonchev–Trinajstić information content (AvgIpc) is 2.54. The lowest BCUT2D eigenvalue weighted by Gasteiger charge is -2.36. The van der Waals surface area contributed by atoms with Crippen molar-refractivity contribution in [2.75, 3.05) is 43.9 Å². The number of amides is 2. The highest BCUT2D eigenvalue weighted by molar-refractivity contribution is 9.11. The van der Waals surface area contributed by atoms with Crippen molar-refractivity contribution in [1.29, 1.82) is 0 Å². The Morgan fingerprint density at radius 3 is 2.52 bits per heavy atom. The molecule has 6 heteroatoms. The van der Waals surface area contributed by atoms with Crippen LogP contribution in [0.4, 0.5) is 16.2 Å². The summed E-state index contributed by atoms with van der Waals surface area (Å²) in [6, 6.07) is 8.32. The third kappa shape index (κ3) is 5.55. The molecular weight excluding hydrogens is 356 g/mol. The molecule has 0 saturated carbocycles. The summed E-state index contributed by atoms with van der Waals surface area (Å²) in [5.41, 5.74) is 1.96. The molecule has 0 bridgehead atoms. The molecule has 1 saturated heterocycles. The molecule has 1 aliphatic rings. The summed E-state index contributed by atoms with van der Waals surface area (Å²) in [5, 5.41) is 5.52. The first-order valence-electron chi connectivity index (χ1n) is 7.85. The van der Waals surface area contributed by atoms with Crippen molar-refractivity contribution in [1.82, 2.24) is 10.2 Å². The lowest BCUT2D eigenvalue weighted by Crippen LogP contribution is -2.41. The maximum Gasteiger partial charge on any atom is 0.319 e. The second-order valence-corrected chi connectivity index (χ2v) is 7.14. The molecule has 1 aliphatic heterocycles. The first-order chi connectivity index (χ1) is 11.0. The molecule has 23 heavy (non-hydrogen) atoms. The van der Waals surface area contributed by atoms with Crippen LogP contribution in [0.5, 0.6) is 0 Å². The Balaban J connectivity index is 1.88. The number of benzene rings is 1. The van der Waals surface area contributed by atoms with Crippen LogP contribution in [0.2, 0.25) is 0 Å². The number of rotatable bonds is 5. The Kier molecular flexibility index (Phi) is 6.47. The van der Waals surface area contributed by atoms with E-state index in [1.165, 1.54) is 18.5 Å². The molecule has 2 amide bonds. The van der Waals surface area contributed by atoms with Gasteiger partial charge < -0.3 is 20.4 Å². The highest BCUT2D eigenvalue weighted by atomic mass is 79.9. The van der Waals surface area contributed by atoms with Crippen LogP contribution in [0.3, 0.4) is 0 Å². The van der Waals surface area contributed by atoms with Crippen LogP contribution in [-0.2, 0) is 0 Å². The maximum atomic E-state index is 11.7. The van der Waals surface area contributed by atoms with E-state index < -0.39 is 0 Å². The lowest BCUT2D eigenvalue weighted by molar-refractivity contribution is 0.253. The second kappa shape index (κ2) is 8.36. The number of nitrogens with one attached hydrogen (secondary N) is 2. The third-order valence-electron chi connectivity index (χ3n) is 4.21. The van der Waals surface area contributed by atoms with E-state index in [0.29, 0.717) is 12.6 Å². The molecule has 1 aromatic carbocycles. The topological polar surface area (TPSA) is 47.6 Å². The van der Waals surface area contributed by atoms with E-state index in [-0.39, 0.29) is 6.03 Å². The van der Waals surface area contributed by atoms with Crippen LogP contribution in [0, 0.1) is 0 Å². The smallest absolute Gasteiger partial charge is 0.319 e. The van der Waals surface area contributed by atoms with Gasteiger partial charge in [0.05, 0.1) is 6.54 Å². The number of likely N-dealkylation sites (tertiary alicyclic amines) is 1. The number of nitrogens with zero attached hydrogens (tertiary/aromatic N) is 2. The van der Waals surface area contributed by atoms with Crippen molar-refractivity contribution in [3.05, 3.63) is 35.3 Å². The monoisotopic (exact) mass is 380 g/mol. The van der Waals surface area contributed by atoms with Gasteiger partial charge in [-0.05, 0) is 57.2 Å². The molecule has 0 atom stereocenters. The van der Waals surface area contributed by atoms with Gasteiger partial charge in [0, 0.05) is 28.9 Å². The minimum Gasteiger partial charge on any atom is -0.372 e. The molecule has 0 radical (unpaired) electrons. The minimum absolute atomic E-state index is 0.234. The maximum absolute atomic E-state index is 11.7. The summed E-state index contributed by atoms with van der Waals surface area (Å²) in [6.45, 7) is 6.38. The summed E-state index contributed by atoms with van der Waals surface area (Å²) >= 11 is 3.21. The van der Waals surface area contributed by atoms with Gasteiger partial charge in [-0.1, -0.05) is 22.5 Å². The highest BCUT2D eigenvalue weighted by Crippen LogP contribution is 2.23. The van der Waals surface area contributed by atoms with E-state index in [1.54, 1.807) is 0 Å². The van der Waals surface area contributed by atoms with Gasteiger partial charge in [-0.2, -0.15) is 0 Å². The Hall–Kier alpha value is -1.53. The molecule has 2 N–H and O–H groups in total. The fourth-order valence-corrected chi connectivity index (χ4v) is 2.86. The van der Waals surface area contributed by atoms with Gasteiger partial charge in [-0.15, -0.1) is 0 Å². The molecule has 126 valence electrons. The van der Waals surface area contributed by atoms with Gasteiger partial charge in [0.15, 0.2) is 0 Å². The summed E-state index contributed by atoms with van der Waals surface area (Å²) < 4.78 is 0.739. The fraction of sp³-hybridized carbons (Fsp3) is 0.471. The van der Waals surface area contributed by atoms with Crippen molar-refractivity contribution in [3.63, 3.8) is 0 Å². The van der Waals surface area contributed by atoms with E-state index >= 15 is 0 Å². The summed E-state index contributed by atoms with van der Waals surface area (Å²) in [6.07, 6.45) is 2.37. The van der Waals surface area contributed by atoms with Gasteiger partial charge in [-0.25, -0.2) is 4.79 Å². The predicted octanol–water partition coefficient (Wildman–Crippen LogP) is 3.25. The zero-order chi connectivity index (χ0) is 16.8. The SMILES string of the molecule is C=C(Br)CNC(=O)Nc1ccc(N(C)C2CCN(C)CC2)cc1. The molecule has 1 fully saturated rings. The Morgan fingerprint density at radius 2 is 1.96 bits per heavy atom. The number of carbonyl (C=O) groups excluding carboxylic acids is 1. The summed E-state index contributed by atoms with van der Waals surface area (Å²) in [7, 11) is 4.32. The van der Waals surface area contributed by atoms with Crippen LogP contribution in [0.25, 0.3) is 0 Å². The number of urea groups is 1. The van der Waals surface area contributed by atoms with E-state index in [1.807, 2.05) is 12.1 Å². The molecule has 5 nitrogen and oxygen atoms in total. The number of hydrogen-bond donors (Lipinski definition) is 2. The highest BCUT2D eigenvalue weighted by Gasteiger charge is 2.20. The lowest BCUT2D eigenvalue weighted by atomic mass is 10.0. The number of carbonyl (C=O) groups is 1. The van der Waals surface area contributed by atoms with Crippen LogP contribution in [0.15, 0.2) is 35.3 Å². The van der Waals surface area contributed by atoms with E-state index in [9.17, 15) is 4.79 Å². The molecule has 0 spiro atoms. The third-order valence-corrected chi connectivity index (χ3v) is 4.49.